The molecule has 3 aromatic rings. The minimum Gasteiger partial charge on any atom is -0.265 e. The Morgan fingerprint density at radius 2 is 1.83 bits per heavy atom. The standard InChI is InChI=1S/C15H12FN2/c1-18-7-4-12-9-15(16)14(8-13(12)10-18)11-2-5-17-6-3-11/h2-10H,1H3/q+1. The molecule has 0 saturated carbocycles. The van der Waals surface area contributed by atoms with Gasteiger partial charge < -0.3 is 0 Å². The molecule has 2 nitrogen and oxygen atoms in total. The van der Waals surface area contributed by atoms with Gasteiger partial charge in [0, 0.05) is 29.4 Å². The molecule has 2 aromatic heterocycles. The predicted octanol–water partition coefficient (Wildman–Crippen LogP) is 2.87. The number of aryl methyl sites for hydroxylation is 1. The second-order valence-corrected chi connectivity index (χ2v) is 4.31. The lowest BCUT2D eigenvalue weighted by atomic mass is 10.0. The molecule has 1 aromatic carbocycles. The van der Waals surface area contributed by atoms with E-state index >= 15 is 0 Å². The summed E-state index contributed by atoms with van der Waals surface area (Å²) in [6.07, 6.45) is 7.24. The fourth-order valence-electron chi connectivity index (χ4n) is 2.07. The van der Waals surface area contributed by atoms with Gasteiger partial charge in [0.1, 0.15) is 12.9 Å². The molecule has 2 heterocycles. The van der Waals surface area contributed by atoms with E-state index in [-0.39, 0.29) is 5.82 Å². The van der Waals surface area contributed by atoms with E-state index in [0.29, 0.717) is 5.56 Å². The van der Waals surface area contributed by atoms with Crippen molar-refractivity contribution in [1.82, 2.24) is 4.98 Å². The monoisotopic (exact) mass is 239 g/mol. The largest absolute Gasteiger partial charge is 0.265 e. The second kappa shape index (κ2) is 4.18. The van der Waals surface area contributed by atoms with E-state index in [9.17, 15) is 4.39 Å². The molecule has 3 rings (SSSR count). The molecule has 18 heavy (non-hydrogen) atoms. The Balaban J connectivity index is 2.27. The number of hydrogen-bond acceptors (Lipinski definition) is 1. The number of halogens is 1. The molecule has 0 saturated heterocycles. The average Bonchev–Trinajstić information content (AvgIpc) is 2.39. The summed E-state index contributed by atoms with van der Waals surface area (Å²) in [6.45, 7) is 0. The zero-order valence-electron chi connectivity index (χ0n) is 9.97. The zero-order chi connectivity index (χ0) is 12.5. The van der Waals surface area contributed by atoms with Gasteiger partial charge in [-0.05, 0) is 35.2 Å². The first-order chi connectivity index (χ1) is 8.74. The van der Waals surface area contributed by atoms with Crippen LogP contribution in [0.5, 0.6) is 0 Å². The number of fused-ring (bicyclic) bond motifs is 1. The number of pyridine rings is 2. The van der Waals surface area contributed by atoms with Gasteiger partial charge in [-0.3, -0.25) is 4.98 Å². The highest BCUT2D eigenvalue weighted by molar-refractivity contribution is 5.86. The molecule has 0 unspecified atom stereocenters. The van der Waals surface area contributed by atoms with E-state index in [4.69, 9.17) is 0 Å². The van der Waals surface area contributed by atoms with Crippen molar-refractivity contribution in [3.05, 3.63) is 60.9 Å². The van der Waals surface area contributed by atoms with E-state index in [0.717, 1.165) is 16.3 Å². The van der Waals surface area contributed by atoms with Gasteiger partial charge in [0.25, 0.3) is 0 Å². The number of nitrogens with zero attached hydrogens (tertiary/aromatic N) is 2. The van der Waals surface area contributed by atoms with Crippen LogP contribution >= 0.6 is 0 Å². The Morgan fingerprint density at radius 3 is 2.61 bits per heavy atom. The quantitative estimate of drug-likeness (QED) is 0.597. The minimum absolute atomic E-state index is 0.206. The van der Waals surface area contributed by atoms with Crippen molar-refractivity contribution in [1.29, 1.82) is 0 Å². The van der Waals surface area contributed by atoms with Crippen molar-refractivity contribution in [3.8, 4) is 11.1 Å². The van der Waals surface area contributed by atoms with Crippen molar-refractivity contribution in [2.45, 2.75) is 0 Å². The molecule has 0 bridgehead atoms. The van der Waals surface area contributed by atoms with Crippen molar-refractivity contribution in [2.75, 3.05) is 0 Å². The van der Waals surface area contributed by atoms with Gasteiger partial charge in [0.05, 0.1) is 0 Å². The van der Waals surface area contributed by atoms with E-state index in [1.54, 1.807) is 18.5 Å². The number of rotatable bonds is 1. The van der Waals surface area contributed by atoms with Crippen LogP contribution in [-0.2, 0) is 7.05 Å². The summed E-state index contributed by atoms with van der Waals surface area (Å²) in [7, 11) is 1.95. The summed E-state index contributed by atoms with van der Waals surface area (Å²) < 4.78 is 16.0. The summed E-state index contributed by atoms with van der Waals surface area (Å²) >= 11 is 0. The Bertz CT molecular complexity index is 708. The fourth-order valence-corrected chi connectivity index (χ4v) is 2.07. The van der Waals surface area contributed by atoms with Crippen molar-refractivity contribution in [2.24, 2.45) is 7.05 Å². The van der Waals surface area contributed by atoms with Crippen molar-refractivity contribution < 1.29 is 8.96 Å². The molecule has 0 atom stereocenters. The van der Waals surface area contributed by atoms with Gasteiger partial charge in [0.15, 0.2) is 12.4 Å². The second-order valence-electron chi connectivity index (χ2n) is 4.31. The van der Waals surface area contributed by atoms with Crippen LogP contribution in [0.3, 0.4) is 0 Å². The Labute approximate surface area is 104 Å². The zero-order valence-corrected chi connectivity index (χ0v) is 9.97. The van der Waals surface area contributed by atoms with Crippen LogP contribution in [0.1, 0.15) is 0 Å². The fraction of sp³-hybridized carbons (Fsp3) is 0.0667. The molecular weight excluding hydrogens is 227 g/mol. The van der Waals surface area contributed by atoms with Crippen LogP contribution in [0.25, 0.3) is 21.9 Å². The number of benzene rings is 1. The molecule has 0 fully saturated rings. The number of aromatic nitrogens is 2. The molecule has 0 amide bonds. The third kappa shape index (κ3) is 1.84. The van der Waals surface area contributed by atoms with Crippen molar-refractivity contribution in [3.63, 3.8) is 0 Å². The molecule has 0 aliphatic carbocycles. The molecule has 0 spiro atoms. The predicted molar refractivity (Wildman–Crippen MR) is 68.3 cm³/mol. The molecule has 0 radical (unpaired) electrons. The normalized spacial score (nSPS) is 10.8. The van der Waals surface area contributed by atoms with Crippen molar-refractivity contribution >= 4 is 10.8 Å². The Kier molecular flexibility index (Phi) is 2.52. The van der Waals surface area contributed by atoms with Crippen LogP contribution in [0.2, 0.25) is 0 Å². The van der Waals surface area contributed by atoms with Gasteiger partial charge in [-0.15, -0.1) is 0 Å². The third-order valence-electron chi connectivity index (χ3n) is 3.00. The van der Waals surface area contributed by atoms with E-state index in [2.05, 4.69) is 4.98 Å². The molecule has 0 aliphatic rings. The van der Waals surface area contributed by atoms with Gasteiger partial charge in [-0.2, -0.15) is 0 Å². The smallest absolute Gasteiger partial charge is 0.176 e. The van der Waals surface area contributed by atoms with Gasteiger partial charge in [-0.1, -0.05) is 0 Å². The van der Waals surface area contributed by atoms with Crippen LogP contribution in [0.4, 0.5) is 4.39 Å². The first-order valence-corrected chi connectivity index (χ1v) is 5.73. The summed E-state index contributed by atoms with van der Waals surface area (Å²) in [5, 5.41) is 1.93. The maximum atomic E-state index is 14.1. The maximum Gasteiger partial charge on any atom is 0.176 e. The first-order valence-electron chi connectivity index (χ1n) is 5.73. The topological polar surface area (TPSA) is 16.8 Å². The highest BCUT2D eigenvalue weighted by atomic mass is 19.1. The Morgan fingerprint density at radius 1 is 1.06 bits per heavy atom. The van der Waals surface area contributed by atoms with E-state index in [1.807, 2.05) is 48.3 Å². The highest BCUT2D eigenvalue weighted by Crippen LogP contribution is 2.26. The summed E-state index contributed by atoms with van der Waals surface area (Å²) in [5.41, 5.74) is 1.45. The minimum atomic E-state index is -0.206. The van der Waals surface area contributed by atoms with Gasteiger partial charge in [-0.25, -0.2) is 8.96 Å². The molecule has 3 heteroatoms. The molecule has 88 valence electrons. The summed E-state index contributed by atoms with van der Waals surface area (Å²) in [5.74, 6) is -0.206. The van der Waals surface area contributed by atoms with Gasteiger partial charge >= 0.3 is 0 Å². The van der Waals surface area contributed by atoms with E-state index in [1.165, 1.54) is 0 Å². The lowest BCUT2D eigenvalue weighted by Crippen LogP contribution is -2.25. The first kappa shape index (κ1) is 10.8. The molecule has 0 aliphatic heterocycles. The van der Waals surface area contributed by atoms with Crippen LogP contribution in [0, 0.1) is 5.82 Å². The average molecular weight is 239 g/mol. The highest BCUT2D eigenvalue weighted by Gasteiger charge is 2.08. The summed E-state index contributed by atoms with van der Waals surface area (Å²) in [4.78, 5) is 3.95. The lowest BCUT2D eigenvalue weighted by molar-refractivity contribution is -0.670. The van der Waals surface area contributed by atoms with Crippen LogP contribution in [-0.4, -0.2) is 4.98 Å². The SMILES string of the molecule is C[n+]1ccc2cc(F)c(-c3ccncc3)cc2c1. The molecular formula is C15H12FN2+. The lowest BCUT2D eigenvalue weighted by Gasteiger charge is -2.05. The summed E-state index contributed by atoms with van der Waals surface area (Å²) in [6, 6.07) is 8.99. The van der Waals surface area contributed by atoms with E-state index < -0.39 is 0 Å². The van der Waals surface area contributed by atoms with Gasteiger partial charge in [0.2, 0.25) is 0 Å². The van der Waals surface area contributed by atoms with Crippen LogP contribution in [0.15, 0.2) is 55.1 Å². The Hall–Kier alpha value is -2.29. The molecule has 0 N–H and O–H groups in total. The van der Waals surface area contributed by atoms with Crippen LogP contribution < -0.4 is 4.57 Å². The maximum absolute atomic E-state index is 14.1. The third-order valence-corrected chi connectivity index (χ3v) is 3.00. The number of hydrogen-bond donors (Lipinski definition) is 0.